The van der Waals surface area contributed by atoms with Crippen molar-refractivity contribution in [3.05, 3.63) is 17.7 Å². The maximum atomic E-state index is 12.4. The Balaban J connectivity index is 1.57. The number of anilines is 1. The van der Waals surface area contributed by atoms with Gasteiger partial charge in [-0.05, 0) is 13.0 Å². The zero-order valence-electron chi connectivity index (χ0n) is 15.4. The van der Waals surface area contributed by atoms with E-state index in [9.17, 15) is 14.4 Å². The summed E-state index contributed by atoms with van der Waals surface area (Å²) in [6.45, 7) is 4.08. The van der Waals surface area contributed by atoms with Crippen LogP contribution in [-0.4, -0.2) is 80.6 Å². The highest BCUT2D eigenvalue weighted by molar-refractivity contribution is 6.05. The molecule has 1 saturated heterocycles. The van der Waals surface area contributed by atoms with Gasteiger partial charge in [-0.25, -0.2) is 0 Å². The number of carbonyl (C=O) groups excluding carboxylic acids is 3. The number of Topliss-reactive ketones (excluding diaryl/α,β-unsaturated/α-hetero) is 1. The minimum atomic E-state index is -0.229. The van der Waals surface area contributed by atoms with Crippen LogP contribution in [0.5, 0.6) is 11.5 Å². The molecule has 0 bridgehead atoms. The van der Waals surface area contributed by atoms with Crippen LogP contribution in [0.4, 0.5) is 5.69 Å². The second kappa shape index (κ2) is 8.36. The van der Waals surface area contributed by atoms with E-state index in [0.717, 1.165) is 0 Å². The molecule has 9 nitrogen and oxygen atoms in total. The van der Waals surface area contributed by atoms with Gasteiger partial charge in [-0.3, -0.25) is 19.3 Å². The lowest BCUT2D eigenvalue weighted by Gasteiger charge is -2.34. The fourth-order valence-electron chi connectivity index (χ4n) is 3.10. The maximum absolute atomic E-state index is 12.4. The van der Waals surface area contributed by atoms with E-state index >= 15 is 0 Å². The number of benzene rings is 1. The number of carbonyl (C=O) groups is 3. The van der Waals surface area contributed by atoms with E-state index < -0.39 is 0 Å². The number of ether oxygens (including phenoxy) is 3. The Kier molecular flexibility index (Phi) is 5.92. The third-order valence-corrected chi connectivity index (χ3v) is 4.53. The van der Waals surface area contributed by atoms with Gasteiger partial charge in [-0.15, -0.1) is 0 Å². The normalized spacial score (nSPS) is 16.3. The first-order valence-electron chi connectivity index (χ1n) is 8.71. The summed E-state index contributed by atoms with van der Waals surface area (Å²) < 4.78 is 15.5. The van der Waals surface area contributed by atoms with Crippen LogP contribution >= 0.6 is 0 Å². The number of rotatable bonds is 6. The predicted octanol–water partition coefficient (Wildman–Crippen LogP) is 0.347. The van der Waals surface area contributed by atoms with Crippen molar-refractivity contribution in [1.29, 1.82) is 0 Å². The summed E-state index contributed by atoms with van der Waals surface area (Å²) in [6, 6.07) is 3.19. The molecule has 0 saturated carbocycles. The Hall–Kier alpha value is -2.65. The monoisotopic (exact) mass is 377 g/mol. The van der Waals surface area contributed by atoms with Crippen LogP contribution in [0.3, 0.4) is 0 Å². The van der Waals surface area contributed by atoms with E-state index in [0.29, 0.717) is 48.9 Å². The molecule has 1 aromatic carbocycles. The van der Waals surface area contributed by atoms with Crippen LogP contribution in [0.1, 0.15) is 17.3 Å². The summed E-state index contributed by atoms with van der Waals surface area (Å²) in [7, 11) is 1.49. The van der Waals surface area contributed by atoms with Gasteiger partial charge in [0.2, 0.25) is 18.6 Å². The highest BCUT2D eigenvalue weighted by Crippen LogP contribution is 2.37. The molecule has 0 aliphatic carbocycles. The third-order valence-electron chi connectivity index (χ3n) is 4.53. The Labute approximate surface area is 157 Å². The number of amides is 2. The Morgan fingerprint density at radius 1 is 1.11 bits per heavy atom. The standard InChI is InChI=1S/C18H23N3O6/c1-12(22)13-7-15-16(27-11-26-15)8-14(13)19-17(23)9-20-3-5-21(6-4-20)18(24)10-25-2/h7-8H,3-6,9-11H2,1-2H3,(H,19,23). The summed E-state index contributed by atoms with van der Waals surface area (Å²) in [5, 5.41) is 2.79. The number of nitrogens with one attached hydrogen (secondary N) is 1. The zero-order valence-corrected chi connectivity index (χ0v) is 15.4. The Bertz CT molecular complexity index is 743. The second-order valence-corrected chi connectivity index (χ2v) is 6.45. The van der Waals surface area contributed by atoms with E-state index in [2.05, 4.69) is 5.32 Å². The smallest absolute Gasteiger partial charge is 0.248 e. The molecule has 146 valence electrons. The van der Waals surface area contributed by atoms with Crippen LogP contribution in [0.2, 0.25) is 0 Å². The fourth-order valence-corrected chi connectivity index (χ4v) is 3.10. The molecular formula is C18H23N3O6. The van der Waals surface area contributed by atoms with Crippen molar-refractivity contribution in [2.75, 3.05) is 58.6 Å². The van der Waals surface area contributed by atoms with E-state index in [1.165, 1.54) is 14.0 Å². The van der Waals surface area contributed by atoms with Crippen molar-refractivity contribution < 1.29 is 28.6 Å². The molecule has 1 aromatic rings. The molecular weight excluding hydrogens is 354 g/mol. The molecule has 2 aliphatic heterocycles. The number of piperazine rings is 1. The van der Waals surface area contributed by atoms with E-state index in [4.69, 9.17) is 14.2 Å². The topological polar surface area (TPSA) is 97.4 Å². The van der Waals surface area contributed by atoms with Crippen LogP contribution in [0.25, 0.3) is 0 Å². The van der Waals surface area contributed by atoms with Crippen LogP contribution in [0, 0.1) is 0 Å². The fraction of sp³-hybridized carbons (Fsp3) is 0.500. The minimum Gasteiger partial charge on any atom is -0.454 e. The van der Waals surface area contributed by atoms with Crippen molar-refractivity contribution in [3.63, 3.8) is 0 Å². The average molecular weight is 377 g/mol. The van der Waals surface area contributed by atoms with E-state index in [-0.39, 0.29) is 37.5 Å². The van der Waals surface area contributed by atoms with Gasteiger partial charge >= 0.3 is 0 Å². The van der Waals surface area contributed by atoms with Gasteiger partial charge in [-0.2, -0.15) is 0 Å². The zero-order chi connectivity index (χ0) is 19.4. The molecule has 1 fully saturated rings. The average Bonchev–Trinajstić information content (AvgIpc) is 3.09. The predicted molar refractivity (Wildman–Crippen MR) is 96.1 cm³/mol. The number of fused-ring (bicyclic) bond motifs is 1. The summed E-state index contributed by atoms with van der Waals surface area (Å²) in [5.74, 6) is 0.547. The van der Waals surface area contributed by atoms with Gasteiger partial charge < -0.3 is 24.4 Å². The molecule has 2 amide bonds. The molecule has 0 unspecified atom stereocenters. The summed E-state index contributed by atoms with van der Waals surface area (Å²) in [6.07, 6.45) is 0. The van der Waals surface area contributed by atoms with Crippen molar-refractivity contribution >= 4 is 23.3 Å². The van der Waals surface area contributed by atoms with Gasteiger partial charge in [0.25, 0.3) is 0 Å². The maximum Gasteiger partial charge on any atom is 0.248 e. The molecule has 2 heterocycles. The highest BCUT2D eigenvalue weighted by Gasteiger charge is 2.24. The third kappa shape index (κ3) is 4.55. The lowest BCUT2D eigenvalue weighted by Crippen LogP contribution is -2.51. The highest BCUT2D eigenvalue weighted by atomic mass is 16.7. The lowest BCUT2D eigenvalue weighted by atomic mass is 10.1. The molecule has 2 aliphatic rings. The Morgan fingerprint density at radius 3 is 2.41 bits per heavy atom. The molecule has 27 heavy (non-hydrogen) atoms. The Morgan fingerprint density at radius 2 is 1.78 bits per heavy atom. The first kappa shape index (κ1) is 19.1. The van der Waals surface area contributed by atoms with Crippen molar-refractivity contribution in [2.45, 2.75) is 6.92 Å². The van der Waals surface area contributed by atoms with E-state index in [1.54, 1.807) is 17.0 Å². The SMILES string of the molecule is COCC(=O)N1CCN(CC(=O)Nc2cc3c(cc2C(C)=O)OCO3)CC1. The van der Waals surface area contributed by atoms with Gasteiger partial charge in [0, 0.05) is 44.9 Å². The molecule has 0 spiro atoms. The first-order chi connectivity index (χ1) is 13.0. The first-order valence-corrected chi connectivity index (χ1v) is 8.71. The number of methoxy groups -OCH3 is 1. The lowest BCUT2D eigenvalue weighted by molar-refractivity contribution is -0.137. The van der Waals surface area contributed by atoms with Crippen molar-refractivity contribution in [3.8, 4) is 11.5 Å². The number of nitrogens with zero attached hydrogens (tertiary/aromatic N) is 2. The molecule has 0 radical (unpaired) electrons. The van der Waals surface area contributed by atoms with E-state index in [1.807, 2.05) is 4.90 Å². The summed E-state index contributed by atoms with van der Waals surface area (Å²) in [4.78, 5) is 39.8. The largest absolute Gasteiger partial charge is 0.454 e. The van der Waals surface area contributed by atoms with Gasteiger partial charge in [0.05, 0.1) is 12.2 Å². The van der Waals surface area contributed by atoms with Gasteiger partial charge in [0.1, 0.15) is 6.61 Å². The molecule has 3 rings (SSSR count). The summed E-state index contributed by atoms with van der Waals surface area (Å²) >= 11 is 0. The second-order valence-electron chi connectivity index (χ2n) is 6.45. The quantitative estimate of drug-likeness (QED) is 0.714. The molecule has 9 heteroatoms. The number of ketones is 1. The van der Waals surface area contributed by atoms with Crippen LogP contribution in [0.15, 0.2) is 12.1 Å². The molecule has 1 N–H and O–H groups in total. The van der Waals surface area contributed by atoms with Crippen LogP contribution < -0.4 is 14.8 Å². The molecule has 0 atom stereocenters. The van der Waals surface area contributed by atoms with Crippen molar-refractivity contribution in [2.24, 2.45) is 0 Å². The number of hydrogen-bond donors (Lipinski definition) is 1. The summed E-state index contributed by atoms with van der Waals surface area (Å²) in [5.41, 5.74) is 0.785. The van der Waals surface area contributed by atoms with Gasteiger partial charge in [-0.1, -0.05) is 0 Å². The minimum absolute atomic E-state index is 0.0481. The van der Waals surface area contributed by atoms with Crippen LogP contribution in [-0.2, 0) is 14.3 Å². The van der Waals surface area contributed by atoms with Gasteiger partial charge in [0.15, 0.2) is 17.3 Å². The molecule has 0 aromatic heterocycles. The van der Waals surface area contributed by atoms with Crippen molar-refractivity contribution in [1.82, 2.24) is 9.80 Å². The number of hydrogen-bond acceptors (Lipinski definition) is 7.